The Balaban J connectivity index is 1.73. The number of amides is 2. The molecule has 0 saturated carbocycles. The second kappa shape index (κ2) is 10.3. The van der Waals surface area contributed by atoms with Crippen molar-refractivity contribution in [2.75, 3.05) is 38.2 Å². The molecule has 0 spiro atoms. The summed E-state index contributed by atoms with van der Waals surface area (Å²) < 4.78 is 10.2. The third-order valence-corrected chi connectivity index (χ3v) is 7.22. The number of aliphatic carboxylic acids is 2. The fourth-order valence-electron chi connectivity index (χ4n) is 2.74. The Kier molecular flexibility index (Phi) is 8.40. The standard InChI is InChI=1S/C16H24N2O8S2/c1-9(13(19)17-7-25-3-11(17)15(21)22)5-27-28-6-10(2)14(20)18-8-26-4-12(18)16(23)24/h9-12H,3-8H2,1-2H3,(H,21,22)(H,23,24)/t9-,10-,11+,12+/m1/s1. The van der Waals surface area contributed by atoms with Crippen LogP contribution in [-0.2, 0) is 28.7 Å². The predicted molar refractivity (Wildman–Crippen MR) is 101 cm³/mol. The van der Waals surface area contributed by atoms with E-state index in [4.69, 9.17) is 19.7 Å². The molecule has 10 nitrogen and oxygen atoms in total. The molecule has 0 aromatic carbocycles. The molecule has 158 valence electrons. The SMILES string of the molecule is C[C@H](CSSC[C@@H](C)C(=O)N1COC[C@H]1C(=O)O)C(=O)N1COC[C@H]1C(=O)O. The van der Waals surface area contributed by atoms with Crippen molar-refractivity contribution < 1.29 is 38.9 Å². The average Bonchev–Trinajstić information content (AvgIpc) is 3.32. The maximum Gasteiger partial charge on any atom is 0.328 e. The van der Waals surface area contributed by atoms with Crippen LogP contribution in [0.3, 0.4) is 0 Å². The molecule has 0 bridgehead atoms. The summed E-state index contributed by atoms with van der Waals surface area (Å²) in [6.45, 7) is 3.39. The summed E-state index contributed by atoms with van der Waals surface area (Å²) in [5.74, 6) is -2.60. The van der Waals surface area contributed by atoms with Crippen LogP contribution in [0.15, 0.2) is 0 Å². The maximum absolute atomic E-state index is 12.4. The number of rotatable bonds is 9. The van der Waals surface area contributed by atoms with E-state index in [0.29, 0.717) is 11.5 Å². The lowest BCUT2D eigenvalue weighted by Crippen LogP contribution is -2.44. The minimum Gasteiger partial charge on any atom is -0.480 e. The Morgan fingerprint density at radius 3 is 1.54 bits per heavy atom. The van der Waals surface area contributed by atoms with Crippen LogP contribution >= 0.6 is 21.6 Å². The molecule has 0 aromatic rings. The lowest BCUT2D eigenvalue weighted by Gasteiger charge is -2.23. The van der Waals surface area contributed by atoms with Gasteiger partial charge in [-0.3, -0.25) is 9.59 Å². The fourth-order valence-corrected chi connectivity index (χ4v) is 5.43. The van der Waals surface area contributed by atoms with E-state index < -0.39 is 35.9 Å². The number of carboxylic acids is 2. The van der Waals surface area contributed by atoms with Gasteiger partial charge in [-0.1, -0.05) is 35.4 Å². The molecule has 2 heterocycles. The normalized spacial score (nSPS) is 24.2. The Hall–Kier alpha value is -1.50. The Labute approximate surface area is 170 Å². The van der Waals surface area contributed by atoms with Gasteiger partial charge in [0.1, 0.15) is 13.5 Å². The van der Waals surface area contributed by atoms with Gasteiger partial charge in [0.15, 0.2) is 12.1 Å². The topological polar surface area (TPSA) is 134 Å². The minimum atomic E-state index is -1.09. The van der Waals surface area contributed by atoms with Crippen LogP contribution in [0.1, 0.15) is 13.8 Å². The van der Waals surface area contributed by atoms with Crippen LogP contribution in [0.5, 0.6) is 0 Å². The number of carbonyl (C=O) groups is 4. The van der Waals surface area contributed by atoms with Gasteiger partial charge in [-0.15, -0.1) is 0 Å². The Morgan fingerprint density at radius 2 is 1.21 bits per heavy atom. The molecular weight excluding hydrogens is 412 g/mol. The Morgan fingerprint density at radius 1 is 0.857 bits per heavy atom. The van der Waals surface area contributed by atoms with Crippen molar-refractivity contribution >= 4 is 45.3 Å². The van der Waals surface area contributed by atoms with Crippen molar-refractivity contribution in [1.82, 2.24) is 9.80 Å². The predicted octanol–water partition coefficient (Wildman–Crippen LogP) is 0.179. The van der Waals surface area contributed by atoms with Gasteiger partial charge in [-0.05, 0) is 0 Å². The van der Waals surface area contributed by atoms with Crippen LogP contribution in [0.25, 0.3) is 0 Å². The van der Waals surface area contributed by atoms with Gasteiger partial charge in [-0.2, -0.15) is 0 Å². The molecule has 0 unspecified atom stereocenters. The molecule has 2 N–H and O–H groups in total. The summed E-state index contributed by atoms with van der Waals surface area (Å²) in [6.07, 6.45) is 0. The molecule has 2 rings (SSSR count). The smallest absolute Gasteiger partial charge is 0.328 e. The van der Waals surface area contributed by atoms with E-state index in [9.17, 15) is 19.2 Å². The van der Waals surface area contributed by atoms with Crippen LogP contribution in [0, 0.1) is 11.8 Å². The molecule has 28 heavy (non-hydrogen) atoms. The molecule has 2 aliphatic heterocycles. The van der Waals surface area contributed by atoms with E-state index in [1.807, 2.05) is 0 Å². The number of carboxylic acid groups (broad SMARTS) is 2. The lowest BCUT2D eigenvalue weighted by atomic mass is 10.1. The highest BCUT2D eigenvalue weighted by atomic mass is 33.1. The maximum atomic E-state index is 12.4. The molecule has 2 amide bonds. The van der Waals surface area contributed by atoms with Gasteiger partial charge in [0.2, 0.25) is 11.8 Å². The van der Waals surface area contributed by atoms with Crippen molar-refractivity contribution in [3.8, 4) is 0 Å². The highest BCUT2D eigenvalue weighted by Crippen LogP contribution is 2.28. The van der Waals surface area contributed by atoms with E-state index in [-0.39, 0.29) is 38.5 Å². The van der Waals surface area contributed by atoms with Gasteiger partial charge in [0.25, 0.3) is 0 Å². The van der Waals surface area contributed by atoms with E-state index >= 15 is 0 Å². The van der Waals surface area contributed by atoms with Gasteiger partial charge < -0.3 is 29.5 Å². The van der Waals surface area contributed by atoms with Crippen LogP contribution in [0.2, 0.25) is 0 Å². The molecular formula is C16H24N2O8S2. The summed E-state index contributed by atoms with van der Waals surface area (Å²) in [5, 5.41) is 18.2. The molecule has 4 atom stereocenters. The lowest BCUT2D eigenvalue weighted by molar-refractivity contribution is -0.149. The zero-order valence-corrected chi connectivity index (χ0v) is 17.2. The first-order valence-corrected chi connectivity index (χ1v) is 11.2. The van der Waals surface area contributed by atoms with E-state index in [0.717, 1.165) is 0 Å². The number of ether oxygens (including phenoxy) is 2. The number of nitrogens with zero attached hydrogens (tertiary/aromatic N) is 2. The monoisotopic (exact) mass is 436 g/mol. The van der Waals surface area contributed by atoms with Crippen LogP contribution < -0.4 is 0 Å². The molecule has 0 aliphatic carbocycles. The fraction of sp³-hybridized carbons (Fsp3) is 0.750. The Bertz CT molecular complexity index is 567. The third-order valence-electron chi connectivity index (χ3n) is 4.46. The second-order valence-electron chi connectivity index (χ2n) is 6.70. The van der Waals surface area contributed by atoms with Crippen molar-refractivity contribution in [1.29, 1.82) is 0 Å². The van der Waals surface area contributed by atoms with Crippen LogP contribution in [-0.4, -0.2) is 94.0 Å². The number of carbonyl (C=O) groups excluding carboxylic acids is 2. The first-order valence-electron chi connectivity index (χ1n) is 8.70. The quantitative estimate of drug-likeness (QED) is 0.381. The summed E-state index contributed by atoms with van der Waals surface area (Å²) in [7, 11) is 2.83. The highest BCUT2D eigenvalue weighted by Gasteiger charge is 2.38. The molecule has 0 aromatic heterocycles. The molecule has 2 fully saturated rings. The van der Waals surface area contributed by atoms with Gasteiger partial charge in [0, 0.05) is 23.3 Å². The molecule has 2 aliphatic rings. The zero-order chi connectivity index (χ0) is 20.8. The largest absolute Gasteiger partial charge is 0.480 e. The third kappa shape index (κ3) is 5.52. The summed E-state index contributed by atoms with van der Waals surface area (Å²) in [6, 6.07) is -1.90. The summed E-state index contributed by atoms with van der Waals surface area (Å²) >= 11 is 0. The first-order chi connectivity index (χ1) is 13.2. The minimum absolute atomic E-state index is 0.00708. The first kappa shape index (κ1) is 22.8. The zero-order valence-electron chi connectivity index (χ0n) is 15.6. The molecule has 12 heteroatoms. The van der Waals surface area contributed by atoms with E-state index in [2.05, 4.69) is 0 Å². The number of hydrogen-bond acceptors (Lipinski definition) is 8. The summed E-state index contributed by atoms with van der Waals surface area (Å²) in [5.41, 5.74) is 0. The van der Waals surface area contributed by atoms with Crippen molar-refractivity contribution in [3.05, 3.63) is 0 Å². The molecule has 2 saturated heterocycles. The average molecular weight is 437 g/mol. The van der Waals surface area contributed by atoms with Crippen molar-refractivity contribution in [3.63, 3.8) is 0 Å². The van der Waals surface area contributed by atoms with Crippen molar-refractivity contribution in [2.45, 2.75) is 25.9 Å². The summed E-state index contributed by atoms with van der Waals surface area (Å²) in [4.78, 5) is 49.5. The van der Waals surface area contributed by atoms with E-state index in [1.165, 1.54) is 31.4 Å². The number of hydrogen-bond donors (Lipinski definition) is 2. The highest BCUT2D eigenvalue weighted by molar-refractivity contribution is 8.76. The molecule has 0 radical (unpaired) electrons. The van der Waals surface area contributed by atoms with E-state index in [1.54, 1.807) is 13.8 Å². The van der Waals surface area contributed by atoms with Crippen molar-refractivity contribution in [2.24, 2.45) is 11.8 Å². The van der Waals surface area contributed by atoms with Gasteiger partial charge in [0.05, 0.1) is 13.2 Å². The van der Waals surface area contributed by atoms with Gasteiger partial charge in [-0.25, -0.2) is 9.59 Å². The second-order valence-corrected chi connectivity index (χ2v) is 9.25. The van der Waals surface area contributed by atoms with Crippen LogP contribution in [0.4, 0.5) is 0 Å². The van der Waals surface area contributed by atoms with Gasteiger partial charge >= 0.3 is 11.9 Å².